The largest absolute Gasteiger partial charge is 0.455 e. The summed E-state index contributed by atoms with van der Waals surface area (Å²) in [7, 11) is -2.32. The van der Waals surface area contributed by atoms with Crippen LogP contribution in [0.4, 0.5) is 27.8 Å². The minimum atomic E-state index is -5.76. The quantitative estimate of drug-likeness (QED) is 0.453. The Kier molecular flexibility index (Phi) is 6.66. The van der Waals surface area contributed by atoms with E-state index in [1.807, 2.05) is 0 Å². The third-order valence-corrected chi connectivity index (χ3v) is 6.87. The highest BCUT2D eigenvalue weighted by atomic mass is 32.2. The lowest BCUT2D eigenvalue weighted by molar-refractivity contribution is -0.287. The van der Waals surface area contributed by atoms with Crippen LogP contribution in [0, 0.1) is 0 Å². The molecule has 0 aliphatic heterocycles. The summed E-state index contributed by atoms with van der Waals surface area (Å²) in [5.41, 5.74) is -0.187. The summed E-state index contributed by atoms with van der Waals surface area (Å²) in [5.74, 6) is -5.39. The van der Waals surface area contributed by atoms with Crippen LogP contribution in [-0.4, -0.2) is 59.0 Å². The molecule has 0 unspecified atom stereocenters. The summed E-state index contributed by atoms with van der Waals surface area (Å²) in [6.45, 7) is 1.33. The number of rotatable bonds is 7. The molecule has 3 aromatic heterocycles. The van der Waals surface area contributed by atoms with Gasteiger partial charge < -0.3 is 0 Å². The number of nitrogens with zero attached hydrogens (tertiary/aromatic N) is 5. The number of carbonyl (C=O) groups excluding carboxylic acids is 1. The summed E-state index contributed by atoms with van der Waals surface area (Å²) in [4.78, 5) is 21.5. The Hall–Kier alpha value is -3.16. The van der Waals surface area contributed by atoms with Crippen molar-refractivity contribution in [3.63, 3.8) is 0 Å². The van der Waals surface area contributed by atoms with Crippen LogP contribution in [-0.2, 0) is 21.2 Å². The maximum absolute atomic E-state index is 13.5. The van der Waals surface area contributed by atoms with E-state index in [0.29, 0.717) is 4.68 Å². The molecular weight excluding hydrogens is 485 g/mol. The molecule has 0 aliphatic carbocycles. The molecule has 0 atom stereocenters. The van der Waals surface area contributed by atoms with E-state index in [1.165, 1.54) is 37.1 Å². The fourth-order valence-electron chi connectivity index (χ4n) is 3.09. The van der Waals surface area contributed by atoms with E-state index in [1.54, 1.807) is 6.92 Å². The molecule has 3 heterocycles. The highest BCUT2D eigenvalue weighted by Crippen LogP contribution is 2.37. The minimum Gasteiger partial charge on any atom is -0.300 e. The predicted octanol–water partition coefficient (Wildman–Crippen LogP) is 3.86. The Morgan fingerprint density at radius 1 is 1.12 bits per heavy atom. The van der Waals surface area contributed by atoms with E-state index >= 15 is 0 Å². The lowest BCUT2D eigenvalue weighted by Gasteiger charge is -2.19. The van der Waals surface area contributed by atoms with Crippen LogP contribution in [0.15, 0.2) is 35.5 Å². The molecule has 1 amide bonds. The summed E-state index contributed by atoms with van der Waals surface area (Å²) < 4.78 is 90.5. The van der Waals surface area contributed by atoms with Crippen molar-refractivity contribution in [1.82, 2.24) is 19.7 Å². The fourth-order valence-corrected chi connectivity index (χ4v) is 4.12. The first-order valence-corrected chi connectivity index (χ1v) is 11.6. The lowest BCUT2D eigenvalue weighted by Crippen LogP contribution is -2.40. The molecular formula is C20H20F5N5O3S. The molecule has 184 valence electrons. The maximum Gasteiger partial charge on any atom is 0.455 e. The van der Waals surface area contributed by atoms with Gasteiger partial charge in [0.05, 0.1) is 34.3 Å². The zero-order valence-electron chi connectivity index (χ0n) is 18.3. The van der Waals surface area contributed by atoms with Gasteiger partial charge in [-0.05, 0) is 18.2 Å². The SMILES string of the molecule is CCC(=O)N(C)c1ccc(S(=O)(=O)CC)c(-c2cc3cnn(CC(F)(F)C(F)(F)F)c3cn2)n1. The third kappa shape index (κ3) is 4.72. The van der Waals surface area contributed by atoms with Gasteiger partial charge in [-0.25, -0.2) is 13.4 Å². The first kappa shape index (κ1) is 25.5. The first-order chi connectivity index (χ1) is 15.7. The number of halogens is 5. The predicted molar refractivity (Wildman–Crippen MR) is 113 cm³/mol. The summed E-state index contributed by atoms with van der Waals surface area (Å²) in [6, 6.07) is 3.94. The monoisotopic (exact) mass is 505 g/mol. The van der Waals surface area contributed by atoms with Crippen LogP contribution in [0.2, 0.25) is 0 Å². The number of aromatic nitrogens is 4. The van der Waals surface area contributed by atoms with Crippen molar-refractivity contribution in [3.05, 3.63) is 30.6 Å². The summed E-state index contributed by atoms with van der Waals surface area (Å²) in [6.07, 6.45) is -3.50. The van der Waals surface area contributed by atoms with Crippen LogP contribution >= 0.6 is 0 Å². The highest BCUT2D eigenvalue weighted by molar-refractivity contribution is 7.91. The molecule has 0 N–H and O–H groups in total. The molecule has 0 aromatic carbocycles. The van der Waals surface area contributed by atoms with Crippen molar-refractivity contribution in [1.29, 1.82) is 0 Å². The minimum absolute atomic E-state index is 0.0147. The van der Waals surface area contributed by atoms with Gasteiger partial charge in [0.2, 0.25) is 5.91 Å². The number of alkyl halides is 5. The molecule has 0 saturated heterocycles. The number of hydrogen-bond donors (Lipinski definition) is 0. The fraction of sp³-hybridized carbons (Fsp3) is 0.400. The third-order valence-electron chi connectivity index (χ3n) is 5.11. The van der Waals surface area contributed by atoms with E-state index in [9.17, 15) is 35.2 Å². The van der Waals surface area contributed by atoms with Gasteiger partial charge in [-0.2, -0.15) is 27.1 Å². The standard InChI is InChI=1S/C20H20F5N5O3S/c1-4-17(31)29(3)16-7-6-15(34(32,33)5-2)18(28-16)13-8-12-9-27-30(14(12)10-26-13)11-19(21,22)20(23,24)25/h6-10H,4-5,11H2,1-3H3. The molecule has 0 fully saturated rings. The van der Waals surface area contributed by atoms with Gasteiger partial charge in [0.25, 0.3) is 0 Å². The van der Waals surface area contributed by atoms with Gasteiger partial charge in [0, 0.05) is 18.9 Å². The second-order valence-electron chi connectivity index (χ2n) is 7.36. The van der Waals surface area contributed by atoms with Crippen molar-refractivity contribution in [2.45, 2.75) is 43.8 Å². The number of carbonyl (C=O) groups is 1. The normalized spacial score (nSPS) is 12.8. The van der Waals surface area contributed by atoms with Gasteiger partial charge in [-0.3, -0.25) is 19.4 Å². The smallest absolute Gasteiger partial charge is 0.300 e. The topological polar surface area (TPSA) is 98.1 Å². The molecule has 0 aliphatic rings. The first-order valence-electron chi connectivity index (χ1n) is 9.98. The van der Waals surface area contributed by atoms with Crippen LogP contribution in [0.25, 0.3) is 22.3 Å². The summed E-state index contributed by atoms with van der Waals surface area (Å²) in [5, 5.41) is 3.75. The molecule has 14 heteroatoms. The Labute approximate surface area is 191 Å². The molecule has 3 rings (SSSR count). The average Bonchev–Trinajstić information content (AvgIpc) is 3.18. The number of amides is 1. The van der Waals surface area contributed by atoms with Crippen LogP contribution in [0.5, 0.6) is 0 Å². The molecule has 0 bridgehead atoms. The molecule has 0 spiro atoms. The Bertz CT molecular complexity index is 1340. The second-order valence-corrected chi connectivity index (χ2v) is 9.61. The van der Waals surface area contributed by atoms with Crippen molar-refractivity contribution in [3.8, 4) is 11.4 Å². The van der Waals surface area contributed by atoms with Gasteiger partial charge in [-0.15, -0.1) is 0 Å². The summed E-state index contributed by atoms with van der Waals surface area (Å²) >= 11 is 0. The zero-order valence-corrected chi connectivity index (χ0v) is 19.1. The number of fused-ring (bicyclic) bond motifs is 1. The van der Waals surface area contributed by atoms with Crippen LogP contribution < -0.4 is 4.90 Å². The van der Waals surface area contributed by atoms with E-state index in [2.05, 4.69) is 15.1 Å². The van der Waals surface area contributed by atoms with Gasteiger partial charge in [0.1, 0.15) is 18.1 Å². The molecule has 8 nitrogen and oxygen atoms in total. The van der Waals surface area contributed by atoms with E-state index in [-0.39, 0.29) is 51.1 Å². The zero-order chi connectivity index (χ0) is 25.5. The van der Waals surface area contributed by atoms with Crippen molar-refractivity contribution >= 4 is 32.5 Å². The van der Waals surface area contributed by atoms with E-state index < -0.39 is 28.5 Å². The Morgan fingerprint density at radius 2 is 1.79 bits per heavy atom. The number of hydrogen-bond acceptors (Lipinski definition) is 6. The van der Waals surface area contributed by atoms with E-state index in [4.69, 9.17) is 0 Å². The maximum atomic E-state index is 13.5. The van der Waals surface area contributed by atoms with Gasteiger partial charge in [-0.1, -0.05) is 13.8 Å². The van der Waals surface area contributed by atoms with Crippen molar-refractivity contribution < 1.29 is 35.2 Å². The number of sulfone groups is 1. The molecule has 34 heavy (non-hydrogen) atoms. The lowest BCUT2D eigenvalue weighted by atomic mass is 10.2. The average molecular weight is 505 g/mol. The molecule has 0 radical (unpaired) electrons. The van der Waals surface area contributed by atoms with E-state index in [0.717, 1.165) is 12.4 Å². The highest BCUT2D eigenvalue weighted by Gasteiger charge is 2.57. The van der Waals surface area contributed by atoms with Crippen molar-refractivity contribution in [2.24, 2.45) is 0 Å². The number of pyridine rings is 2. The Morgan fingerprint density at radius 3 is 2.38 bits per heavy atom. The van der Waals surface area contributed by atoms with Gasteiger partial charge >= 0.3 is 12.1 Å². The number of anilines is 1. The Balaban J connectivity index is 2.13. The molecule has 0 saturated carbocycles. The second kappa shape index (κ2) is 8.89. The van der Waals surface area contributed by atoms with Crippen LogP contribution in [0.3, 0.4) is 0 Å². The molecule has 3 aromatic rings. The van der Waals surface area contributed by atoms with Crippen LogP contribution in [0.1, 0.15) is 20.3 Å². The van der Waals surface area contributed by atoms with Gasteiger partial charge in [0.15, 0.2) is 9.84 Å². The van der Waals surface area contributed by atoms with Crippen molar-refractivity contribution in [2.75, 3.05) is 17.7 Å².